The van der Waals surface area contributed by atoms with Crippen LogP contribution in [-0.2, 0) is 0 Å². The van der Waals surface area contributed by atoms with E-state index in [-0.39, 0.29) is 19.0 Å². The molecule has 1 amide bonds. The molecule has 6 heteroatoms. The van der Waals surface area contributed by atoms with Gasteiger partial charge >= 0.3 is 6.09 Å². The summed E-state index contributed by atoms with van der Waals surface area (Å²) in [6.45, 7) is 0.167. The van der Waals surface area contributed by atoms with Crippen LogP contribution in [0.1, 0.15) is 6.42 Å². The van der Waals surface area contributed by atoms with Gasteiger partial charge in [0.15, 0.2) is 0 Å². The fourth-order valence-corrected chi connectivity index (χ4v) is 3.20. The third-order valence-electron chi connectivity index (χ3n) is 4.27. The van der Waals surface area contributed by atoms with E-state index >= 15 is 0 Å². The minimum atomic E-state index is -1.40. The highest BCUT2D eigenvalue weighted by atomic mass is 16.5. The van der Waals surface area contributed by atoms with Gasteiger partial charge in [0, 0.05) is 12.5 Å². The lowest BCUT2D eigenvalue weighted by Gasteiger charge is -2.28. The van der Waals surface area contributed by atoms with E-state index in [2.05, 4.69) is 0 Å². The van der Waals surface area contributed by atoms with Crippen LogP contribution in [0.4, 0.5) is 4.79 Å². The zero-order chi connectivity index (χ0) is 14.3. The number of amides is 1. The molecule has 108 valence electrons. The summed E-state index contributed by atoms with van der Waals surface area (Å²) in [6.07, 6.45) is -2.22. The van der Waals surface area contributed by atoms with E-state index < -0.39 is 23.9 Å². The number of aliphatic hydroxyl groups excluding tert-OH is 1. The van der Waals surface area contributed by atoms with E-state index in [1.165, 1.54) is 0 Å². The third-order valence-corrected chi connectivity index (χ3v) is 4.27. The van der Waals surface area contributed by atoms with Gasteiger partial charge in [0.25, 0.3) is 0 Å². The van der Waals surface area contributed by atoms with Crippen molar-refractivity contribution in [3.63, 3.8) is 0 Å². The summed E-state index contributed by atoms with van der Waals surface area (Å²) in [7, 11) is 0. The molecule has 0 aromatic heterocycles. The maximum absolute atomic E-state index is 11.0. The Hall–Kier alpha value is -1.79. The fraction of sp³-hybridized carbons (Fsp3) is 0.500. The molecule has 1 heterocycles. The van der Waals surface area contributed by atoms with Crippen molar-refractivity contribution >= 4 is 6.09 Å². The van der Waals surface area contributed by atoms with Crippen molar-refractivity contribution in [1.82, 2.24) is 4.90 Å². The topological polar surface area (TPSA) is 90.2 Å². The number of rotatable bonds is 2. The summed E-state index contributed by atoms with van der Waals surface area (Å²) in [5, 5.41) is 29.8. The van der Waals surface area contributed by atoms with Crippen molar-refractivity contribution in [3.8, 4) is 5.75 Å². The number of carbonyl (C=O) groups is 1. The van der Waals surface area contributed by atoms with Gasteiger partial charge in [-0.3, -0.25) is 0 Å². The van der Waals surface area contributed by atoms with Gasteiger partial charge < -0.3 is 25.0 Å². The number of hydrogen-bond acceptors (Lipinski definition) is 4. The normalized spacial score (nSPS) is 35.9. The number of hydrogen-bond donors (Lipinski definition) is 3. The van der Waals surface area contributed by atoms with Gasteiger partial charge in [-0.15, -0.1) is 0 Å². The third kappa shape index (κ3) is 2.01. The molecule has 4 atom stereocenters. The smallest absolute Gasteiger partial charge is 0.407 e. The Balaban J connectivity index is 1.73. The molecule has 6 nitrogen and oxygen atoms in total. The molecule has 1 saturated carbocycles. The highest BCUT2D eigenvalue weighted by molar-refractivity contribution is 5.65. The van der Waals surface area contributed by atoms with E-state index in [4.69, 9.17) is 9.84 Å². The Morgan fingerprint density at radius 1 is 1.35 bits per heavy atom. The number of para-hydroxylation sites is 1. The number of fused-ring (bicyclic) bond motifs is 1. The number of benzene rings is 1. The quantitative estimate of drug-likeness (QED) is 0.735. The van der Waals surface area contributed by atoms with Gasteiger partial charge in [-0.25, -0.2) is 4.79 Å². The lowest BCUT2D eigenvalue weighted by molar-refractivity contribution is -0.0855. The average Bonchev–Trinajstić information content (AvgIpc) is 2.86. The molecule has 2 aliphatic rings. The Morgan fingerprint density at radius 3 is 2.65 bits per heavy atom. The number of likely N-dealkylation sites (tertiary alicyclic amines) is 1. The number of carboxylic acid groups (broad SMARTS) is 1. The van der Waals surface area contributed by atoms with Crippen molar-refractivity contribution in [2.24, 2.45) is 5.92 Å². The average molecular weight is 279 g/mol. The zero-order valence-electron chi connectivity index (χ0n) is 10.8. The molecule has 4 unspecified atom stereocenters. The van der Waals surface area contributed by atoms with E-state index in [0.29, 0.717) is 12.2 Å². The minimum absolute atomic E-state index is 0.0667. The predicted octanol–water partition coefficient (Wildman–Crippen LogP) is 0.539. The SMILES string of the molecule is O=C(O)N1CC2CC(Oc3ccccc3)C(O)C2(O)C1. The maximum atomic E-state index is 11.0. The fourth-order valence-electron chi connectivity index (χ4n) is 3.20. The summed E-state index contributed by atoms with van der Waals surface area (Å²) >= 11 is 0. The number of β-amino-alcohol motifs (C(OH)–C–C–N with tert-alkyl or cyclic N) is 1. The molecule has 3 rings (SSSR count). The summed E-state index contributed by atoms with van der Waals surface area (Å²) < 4.78 is 5.71. The highest BCUT2D eigenvalue weighted by Gasteiger charge is 2.60. The lowest BCUT2D eigenvalue weighted by Crippen LogP contribution is -2.49. The molecule has 1 saturated heterocycles. The van der Waals surface area contributed by atoms with E-state index in [0.717, 1.165) is 4.90 Å². The van der Waals surface area contributed by atoms with Crippen LogP contribution >= 0.6 is 0 Å². The molecule has 3 N–H and O–H groups in total. The lowest BCUT2D eigenvalue weighted by atomic mass is 9.93. The first kappa shape index (κ1) is 13.2. The van der Waals surface area contributed by atoms with Gasteiger partial charge in [0.05, 0.1) is 6.54 Å². The molecule has 1 aliphatic carbocycles. The molecular formula is C14H17NO5. The molecule has 2 fully saturated rings. The second kappa shape index (κ2) is 4.64. The molecule has 0 radical (unpaired) electrons. The molecule has 0 bridgehead atoms. The first-order valence-electron chi connectivity index (χ1n) is 6.61. The van der Waals surface area contributed by atoms with Crippen LogP contribution in [0.15, 0.2) is 30.3 Å². The Bertz CT molecular complexity index is 508. The van der Waals surface area contributed by atoms with Gasteiger partial charge in [-0.2, -0.15) is 0 Å². The maximum Gasteiger partial charge on any atom is 0.407 e. The molecule has 1 aliphatic heterocycles. The van der Waals surface area contributed by atoms with Crippen molar-refractivity contribution in [3.05, 3.63) is 30.3 Å². The number of nitrogens with zero attached hydrogens (tertiary/aromatic N) is 1. The Labute approximate surface area is 116 Å². The summed E-state index contributed by atoms with van der Waals surface area (Å²) in [6, 6.07) is 9.10. The first-order chi connectivity index (χ1) is 9.50. The number of ether oxygens (including phenoxy) is 1. The second-order valence-corrected chi connectivity index (χ2v) is 5.50. The van der Waals surface area contributed by atoms with Gasteiger partial charge in [-0.1, -0.05) is 18.2 Å². The molecule has 0 spiro atoms. The Kier molecular flexibility index (Phi) is 3.07. The van der Waals surface area contributed by atoms with E-state index in [1.54, 1.807) is 12.1 Å². The standard InChI is InChI=1S/C14H17NO5/c16-12-11(20-10-4-2-1-3-5-10)6-9-7-15(13(17)18)8-14(9,12)19/h1-5,9,11-12,16,19H,6-8H2,(H,17,18). The van der Waals surface area contributed by atoms with Crippen molar-refractivity contribution < 1.29 is 24.9 Å². The van der Waals surface area contributed by atoms with Crippen LogP contribution in [0.2, 0.25) is 0 Å². The van der Waals surface area contributed by atoms with Gasteiger partial charge in [0.2, 0.25) is 0 Å². The van der Waals surface area contributed by atoms with Crippen LogP contribution in [-0.4, -0.2) is 57.2 Å². The van der Waals surface area contributed by atoms with Crippen LogP contribution in [0.5, 0.6) is 5.75 Å². The van der Waals surface area contributed by atoms with Gasteiger partial charge in [0.1, 0.15) is 23.6 Å². The first-order valence-corrected chi connectivity index (χ1v) is 6.61. The van der Waals surface area contributed by atoms with Gasteiger partial charge in [-0.05, 0) is 18.6 Å². The van der Waals surface area contributed by atoms with Crippen LogP contribution < -0.4 is 4.74 Å². The summed E-state index contributed by atoms with van der Waals surface area (Å²) in [4.78, 5) is 12.1. The zero-order valence-corrected chi connectivity index (χ0v) is 10.8. The van der Waals surface area contributed by atoms with Crippen LogP contribution in [0, 0.1) is 5.92 Å². The van der Waals surface area contributed by atoms with E-state index in [1.807, 2.05) is 18.2 Å². The molecular weight excluding hydrogens is 262 g/mol. The van der Waals surface area contributed by atoms with E-state index in [9.17, 15) is 15.0 Å². The van der Waals surface area contributed by atoms with Crippen LogP contribution in [0.25, 0.3) is 0 Å². The monoisotopic (exact) mass is 279 g/mol. The molecule has 1 aromatic rings. The summed E-state index contributed by atoms with van der Waals surface area (Å²) in [5.41, 5.74) is -1.40. The highest BCUT2D eigenvalue weighted by Crippen LogP contribution is 2.43. The molecule has 20 heavy (non-hydrogen) atoms. The summed E-state index contributed by atoms with van der Waals surface area (Å²) in [5.74, 6) is 0.345. The van der Waals surface area contributed by atoms with Crippen molar-refractivity contribution in [1.29, 1.82) is 0 Å². The number of aliphatic hydroxyl groups is 2. The van der Waals surface area contributed by atoms with Crippen molar-refractivity contribution in [2.75, 3.05) is 13.1 Å². The largest absolute Gasteiger partial charge is 0.488 e. The van der Waals surface area contributed by atoms with Crippen LogP contribution in [0.3, 0.4) is 0 Å². The molecule has 1 aromatic carbocycles. The predicted molar refractivity (Wildman–Crippen MR) is 69.5 cm³/mol. The Morgan fingerprint density at radius 2 is 2.05 bits per heavy atom. The second-order valence-electron chi connectivity index (χ2n) is 5.50. The van der Waals surface area contributed by atoms with Crippen molar-refractivity contribution in [2.45, 2.75) is 24.2 Å². The minimum Gasteiger partial charge on any atom is -0.488 e.